The highest BCUT2D eigenvalue weighted by atomic mass is 16.6. The van der Waals surface area contributed by atoms with Crippen LogP contribution in [-0.4, -0.2) is 77.7 Å². The quantitative estimate of drug-likeness (QED) is 0.114. The van der Waals surface area contributed by atoms with E-state index in [-0.39, 0.29) is 58.4 Å². The van der Waals surface area contributed by atoms with E-state index < -0.39 is 40.7 Å². The van der Waals surface area contributed by atoms with Crippen LogP contribution in [0.2, 0.25) is 0 Å². The van der Waals surface area contributed by atoms with E-state index in [4.69, 9.17) is 4.74 Å². The number of carbonyl (C=O) groups excluding carboxylic acids is 2. The number of aliphatic hydroxyl groups is 4. The molecular weight excluding hydrogens is 789 g/mol. The molecule has 4 saturated carbocycles. The second-order valence-electron chi connectivity index (χ2n) is 23.5. The maximum atomic E-state index is 14.9. The van der Waals surface area contributed by atoms with Crippen LogP contribution in [0, 0.1) is 71.0 Å². The predicted molar refractivity (Wildman–Crippen MR) is 246 cm³/mol. The molecule has 0 amide bonds. The molecule has 0 radical (unpaired) electrons. The molecule has 0 spiro atoms. The summed E-state index contributed by atoms with van der Waals surface area (Å²) in [5.41, 5.74) is 6.74. The first-order chi connectivity index (χ1) is 29.5. The molecule has 1 saturated heterocycles. The van der Waals surface area contributed by atoms with Crippen LogP contribution in [-0.2, 0) is 27.3 Å². The molecule has 6 aliphatic rings. The maximum Gasteiger partial charge on any atom is 0.160 e. The Kier molecular flexibility index (Phi) is 11.1. The molecule has 15 atom stereocenters. The van der Waals surface area contributed by atoms with Crippen molar-refractivity contribution in [3.05, 3.63) is 70.1 Å². The van der Waals surface area contributed by atoms with Crippen LogP contribution >= 0.6 is 0 Å². The third-order valence-electron chi connectivity index (χ3n) is 19.2. The minimum atomic E-state index is -0.782. The van der Waals surface area contributed by atoms with Crippen molar-refractivity contribution >= 4 is 22.6 Å². The number of aryl methyl sites for hydroxylation is 2. The van der Waals surface area contributed by atoms with Crippen molar-refractivity contribution in [3.63, 3.8) is 0 Å². The van der Waals surface area contributed by atoms with E-state index in [1.807, 2.05) is 20.0 Å². The molecule has 2 aromatic heterocycles. The molecular formula is C54H76N2O7. The lowest BCUT2D eigenvalue weighted by molar-refractivity contribution is -0.227. The number of H-pyrrole nitrogens is 1. The number of epoxide rings is 1. The number of nitrogens with one attached hydrogen (secondary N) is 1. The summed E-state index contributed by atoms with van der Waals surface area (Å²) in [7, 11) is 0. The van der Waals surface area contributed by atoms with Crippen molar-refractivity contribution < 1.29 is 34.8 Å². The largest absolute Gasteiger partial charge is 0.392 e. The van der Waals surface area contributed by atoms with E-state index in [9.17, 15) is 30.0 Å². The first kappa shape index (κ1) is 45.1. The molecule has 63 heavy (non-hydrogen) atoms. The average molecular weight is 865 g/mol. The Morgan fingerprint density at radius 2 is 1.65 bits per heavy atom. The Morgan fingerprint density at radius 3 is 2.32 bits per heavy atom. The third kappa shape index (κ3) is 7.02. The number of benzene rings is 1. The van der Waals surface area contributed by atoms with Gasteiger partial charge in [0, 0.05) is 54.9 Å². The molecule has 344 valence electrons. The average Bonchev–Trinajstić information content (AvgIpc) is 3.71. The van der Waals surface area contributed by atoms with E-state index >= 15 is 0 Å². The van der Waals surface area contributed by atoms with Gasteiger partial charge in [0.05, 0.1) is 41.1 Å². The topological polar surface area (TPSA) is 148 Å². The smallest absolute Gasteiger partial charge is 0.160 e. The number of Topliss-reactive ketones (excluding diaryl/α,β-unsaturated/α-hetero) is 2. The molecule has 1 aromatic carbocycles. The van der Waals surface area contributed by atoms with E-state index in [1.54, 1.807) is 6.92 Å². The number of rotatable bonds is 12. The van der Waals surface area contributed by atoms with Crippen molar-refractivity contribution in [1.29, 1.82) is 0 Å². The summed E-state index contributed by atoms with van der Waals surface area (Å²) in [4.78, 5) is 33.1. The molecule has 0 bridgehead atoms. The van der Waals surface area contributed by atoms with Crippen molar-refractivity contribution in [2.45, 2.75) is 183 Å². The molecule has 3 heterocycles. The van der Waals surface area contributed by atoms with Crippen molar-refractivity contribution in [2.24, 2.45) is 57.2 Å². The number of hydrogen-bond donors (Lipinski definition) is 5. The highest BCUT2D eigenvalue weighted by Gasteiger charge is 2.73. The molecule has 9 rings (SSSR count). The lowest BCUT2D eigenvalue weighted by atomic mass is 9.34. The Bertz CT molecular complexity index is 2300. The highest BCUT2D eigenvalue weighted by molar-refractivity contribution is 6.01. The van der Waals surface area contributed by atoms with Gasteiger partial charge in [0.15, 0.2) is 5.78 Å². The summed E-state index contributed by atoms with van der Waals surface area (Å²) in [6, 6.07) is 8.86. The third-order valence-corrected chi connectivity index (χ3v) is 19.2. The summed E-state index contributed by atoms with van der Waals surface area (Å²) in [5.74, 6) is 0.248. The first-order valence-corrected chi connectivity index (χ1v) is 24.5. The Balaban J connectivity index is 1.13. The zero-order chi connectivity index (χ0) is 45.3. The van der Waals surface area contributed by atoms with Gasteiger partial charge in [-0.15, -0.1) is 0 Å². The summed E-state index contributed by atoms with van der Waals surface area (Å²) >= 11 is 0. The number of aliphatic hydroxyl groups excluding tert-OH is 4. The predicted octanol–water partition coefficient (Wildman–Crippen LogP) is 8.96. The molecule has 5 N–H and O–H groups in total. The van der Waals surface area contributed by atoms with Crippen LogP contribution in [0.3, 0.4) is 0 Å². The van der Waals surface area contributed by atoms with Crippen molar-refractivity contribution in [2.75, 3.05) is 0 Å². The van der Waals surface area contributed by atoms with Gasteiger partial charge >= 0.3 is 0 Å². The Hall–Kier alpha value is -3.08. The number of allylic oxidation sites excluding steroid dienone is 1. The minimum Gasteiger partial charge on any atom is -0.392 e. The summed E-state index contributed by atoms with van der Waals surface area (Å²) in [6.07, 6.45) is 8.70. The Morgan fingerprint density at radius 1 is 0.952 bits per heavy atom. The van der Waals surface area contributed by atoms with E-state index in [2.05, 4.69) is 88.5 Å². The summed E-state index contributed by atoms with van der Waals surface area (Å²) < 4.78 is 8.22. The Labute approximate surface area is 375 Å². The van der Waals surface area contributed by atoms with Crippen LogP contribution in [0.15, 0.2) is 47.8 Å². The SMILES string of the molecule is Cc1cc(C)cc(Cc2cn(C[C@@H]3C4=C([C@H](C)C[C@@H](O)[C@H]5OC5(C)C)C(=O)C[C@]4(C)[C@@]4(C)CC[C@@H]5[C@@](C)(CCC(=O)[C@@]5(C)[C@@H]5CC[C@@H](C[C@@H](O)[C@H](C)O)C5)[C@H]4[C@@H]3O)c3cc[nH]c23)c1. The molecule has 5 fully saturated rings. The fraction of sp³-hybridized carbons (Fsp3) is 0.704. The number of hydrogen-bond acceptors (Lipinski definition) is 7. The number of aromatic amines is 1. The van der Waals surface area contributed by atoms with Gasteiger partial charge in [0.2, 0.25) is 0 Å². The lowest BCUT2D eigenvalue weighted by Gasteiger charge is -2.70. The van der Waals surface area contributed by atoms with Gasteiger partial charge in [-0.3, -0.25) is 9.59 Å². The maximum absolute atomic E-state index is 14.9. The summed E-state index contributed by atoms with van der Waals surface area (Å²) in [6.45, 7) is 21.9. The van der Waals surface area contributed by atoms with Crippen LogP contribution < -0.4 is 0 Å². The standard InChI is InChI=1S/C54H76N2O7/c1-29-19-30(2)21-34(20-29)23-35-27-56(38-15-18-55-46(35)38)28-37-45-44(31(3)22-40(59)49-50(5,6)63-49)41(60)26-53(45,9)52(8)17-13-42-51(7,48(52)47(37)62)16-14-43(61)54(42,10)36-12-11-33(24-36)25-39(58)32(4)57/h15,18-21,27,31-33,36-37,39-40,42,47-49,55,57-59,62H,11-14,16-17,22-26,28H2,1-10H3/t31-,32+,33-,36-,37-,39-,40-,42-,47-,48-,49-,51-,52+,53+,54+/m1/s1. The van der Waals surface area contributed by atoms with Gasteiger partial charge in [-0.05, 0) is 148 Å². The second kappa shape index (κ2) is 15.5. The van der Waals surface area contributed by atoms with Gasteiger partial charge in [-0.1, -0.05) is 70.4 Å². The number of carbonyl (C=O) groups is 2. The number of nitrogens with zero attached hydrogens (tertiary/aromatic N) is 1. The fourth-order valence-corrected chi connectivity index (χ4v) is 16.0. The number of fused-ring (bicyclic) bond motifs is 6. The van der Waals surface area contributed by atoms with E-state index in [1.165, 1.54) is 22.3 Å². The number of ketones is 2. The summed E-state index contributed by atoms with van der Waals surface area (Å²) in [5, 5.41) is 45.9. The highest BCUT2D eigenvalue weighted by Crippen LogP contribution is 2.76. The van der Waals surface area contributed by atoms with Crippen LogP contribution in [0.4, 0.5) is 0 Å². The van der Waals surface area contributed by atoms with Gasteiger partial charge in [-0.2, -0.15) is 0 Å². The molecule has 9 heteroatoms. The monoisotopic (exact) mass is 865 g/mol. The van der Waals surface area contributed by atoms with Crippen LogP contribution in [0.5, 0.6) is 0 Å². The lowest BCUT2D eigenvalue weighted by Crippen LogP contribution is -2.68. The van der Waals surface area contributed by atoms with Gasteiger partial charge in [0.1, 0.15) is 11.9 Å². The number of ether oxygens (including phenoxy) is 1. The van der Waals surface area contributed by atoms with E-state index in [0.717, 1.165) is 60.7 Å². The number of aromatic nitrogens is 2. The molecule has 5 aliphatic carbocycles. The van der Waals surface area contributed by atoms with E-state index in [0.29, 0.717) is 44.4 Å². The normalized spacial score (nSPS) is 39.2. The first-order valence-electron chi connectivity index (χ1n) is 24.5. The van der Waals surface area contributed by atoms with Gasteiger partial charge in [-0.25, -0.2) is 0 Å². The molecule has 1 aliphatic heterocycles. The van der Waals surface area contributed by atoms with Crippen molar-refractivity contribution in [1.82, 2.24) is 9.55 Å². The van der Waals surface area contributed by atoms with Crippen molar-refractivity contribution in [3.8, 4) is 0 Å². The van der Waals surface area contributed by atoms with Gasteiger partial charge < -0.3 is 34.7 Å². The zero-order valence-electron chi connectivity index (χ0n) is 39.8. The van der Waals surface area contributed by atoms with Crippen LogP contribution in [0.25, 0.3) is 11.0 Å². The van der Waals surface area contributed by atoms with Crippen LogP contribution in [0.1, 0.15) is 142 Å². The molecule has 9 nitrogen and oxygen atoms in total. The molecule has 3 aromatic rings. The molecule has 0 unspecified atom stereocenters. The fourth-order valence-electron chi connectivity index (χ4n) is 16.0. The van der Waals surface area contributed by atoms with Gasteiger partial charge in [0.25, 0.3) is 0 Å². The minimum absolute atomic E-state index is 0.0686. The zero-order valence-corrected chi connectivity index (χ0v) is 39.8. The second-order valence-corrected chi connectivity index (χ2v) is 23.5.